The van der Waals surface area contributed by atoms with Crippen molar-refractivity contribution in [1.82, 2.24) is 5.32 Å². The molecule has 0 bridgehead atoms. The molecule has 1 atom stereocenters. The maximum absolute atomic E-state index is 14.6. The topological polar surface area (TPSA) is 21.3 Å². The summed E-state index contributed by atoms with van der Waals surface area (Å²) in [6.45, 7) is 4.85. The van der Waals surface area contributed by atoms with Crippen molar-refractivity contribution >= 4 is 0 Å². The fourth-order valence-electron chi connectivity index (χ4n) is 2.86. The number of hydrogen-bond acceptors (Lipinski definition) is 2. The predicted molar refractivity (Wildman–Crippen MR) is 72.0 cm³/mol. The average molecular weight is 269 g/mol. The van der Waals surface area contributed by atoms with Gasteiger partial charge in [-0.25, -0.2) is 8.78 Å². The second-order valence-electron chi connectivity index (χ2n) is 5.31. The van der Waals surface area contributed by atoms with Crippen LogP contribution in [0.4, 0.5) is 8.78 Å². The van der Waals surface area contributed by atoms with Crippen LogP contribution in [0.2, 0.25) is 0 Å². The molecule has 1 N–H and O–H groups in total. The van der Waals surface area contributed by atoms with Crippen molar-refractivity contribution in [2.75, 3.05) is 20.2 Å². The Balaban J connectivity index is 2.34. The Labute approximate surface area is 113 Å². The number of hydrogen-bond donors (Lipinski definition) is 1. The van der Waals surface area contributed by atoms with Gasteiger partial charge in [-0.05, 0) is 56.5 Å². The number of halogens is 2. The number of methoxy groups -OCH3 is 1. The van der Waals surface area contributed by atoms with Gasteiger partial charge in [-0.2, -0.15) is 0 Å². The molecule has 1 aliphatic heterocycles. The van der Waals surface area contributed by atoms with Gasteiger partial charge in [-0.1, -0.05) is 0 Å². The van der Waals surface area contributed by atoms with Gasteiger partial charge in [0.25, 0.3) is 5.92 Å². The minimum absolute atomic E-state index is 0.108. The highest BCUT2D eigenvalue weighted by molar-refractivity contribution is 5.44. The average Bonchev–Trinajstić information content (AvgIpc) is 2.39. The second kappa shape index (κ2) is 5.45. The molecule has 19 heavy (non-hydrogen) atoms. The quantitative estimate of drug-likeness (QED) is 0.908. The maximum atomic E-state index is 14.6. The fourth-order valence-corrected chi connectivity index (χ4v) is 2.86. The molecule has 1 heterocycles. The second-order valence-corrected chi connectivity index (χ2v) is 5.31. The lowest BCUT2D eigenvalue weighted by molar-refractivity contribution is -0.0725. The standard InChI is InChI=1S/C15H21F2NO/c1-10-7-13(8-11(2)14(10)19-3)15(16,17)12-5-4-6-18-9-12/h7-8,12,18H,4-6,9H2,1-3H3. The van der Waals surface area contributed by atoms with Crippen LogP contribution < -0.4 is 10.1 Å². The largest absolute Gasteiger partial charge is 0.496 e. The Morgan fingerprint density at radius 3 is 2.37 bits per heavy atom. The number of ether oxygens (including phenoxy) is 1. The molecule has 0 aromatic heterocycles. The van der Waals surface area contributed by atoms with E-state index in [2.05, 4.69) is 5.32 Å². The summed E-state index contributed by atoms with van der Waals surface area (Å²) in [5.74, 6) is -2.70. The Morgan fingerprint density at radius 2 is 1.89 bits per heavy atom. The summed E-state index contributed by atoms with van der Waals surface area (Å²) >= 11 is 0. The Bertz CT molecular complexity index is 430. The van der Waals surface area contributed by atoms with Crippen LogP contribution in [0.1, 0.15) is 29.5 Å². The number of rotatable bonds is 3. The zero-order valence-electron chi connectivity index (χ0n) is 11.7. The molecule has 106 valence electrons. The van der Waals surface area contributed by atoms with Gasteiger partial charge in [0.05, 0.1) is 7.11 Å². The molecular formula is C15H21F2NO. The van der Waals surface area contributed by atoms with Crippen LogP contribution in [-0.2, 0) is 5.92 Å². The lowest BCUT2D eigenvalue weighted by atomic mass is 9.87. The summed E-state index contributed by atoms with van der Waals surface area (Å²) in [5.41, 5.74) is 1.64. The van der Waals surface area contributed by atoms with Crippen LogP contribution in [0.25, 0.3) is 0 Å². The molecule has 1 fully saturated rings. The molecule has 4 heteroatoms. The number of alkyl halides is 2. The van der Waals surface area contributed by atoms with E-state index in [0.717, 1.165) is 24.1 Å². The van der Waals surface area contributed by atoms with E-state index in [1.807, 2.05) is 13.8 Å². The van der Waals surface area contributed by atoms with E-state index in [-0.39, 0.29) is 5.56 Å². The summed E-state index contributed by atoms with van der Waals surface area (Å²) in [6, 6.07) is 3.11. The summed E-state index contributed by atoms with van der Waals surface area (Å²) in [7, 11) is 1.57. The Morgan fingerprint density at radius 1 is 1.26 bits per heavy atom. The van der Waals surface area contributed by atoms with Crippen LogP contribution in [0.3, 0.4) is 0 Å². The van der Waals surface area contributed by atoms with Gasteiger partial charge >= 0.3 is 0 Å². The molecule has 1 aromatic carbocycles. The van der Waals surface area contributed by atoms with Gasteiger partial charge in [0.2, 0.25) is 0 Å². The van der Waals surface area contributed by atoms with E-state index >= 15 is 0 Å². The summed E-state index contributed by atoms with van der Waals surface area (Å²) in [6.07, 6.45) is 1.39. The van der Waals surface area contributed by atoms with Gasteiger partial charge in [0.1, 0.15) is 5.75 Å². The van der Waals surface area contributed by atoms with Crippen molar-refractivity contribution in [3.05, 3.63) is 28.8 Å². The van der Waals surface area contributed by atoms with Gasteiger partial charge in [0.15, 0.2) is 0 Å². The van der Waals surface area contributed by atoms with E-state index in [4.69, 9.17) is 4.74 Å². The number of piperidine rings is 1. The van der Waals surface area contributed by atoms with Crippen LogP contribution in [0.5, 0.6) is 5.75 Å². The zero-order valence-corrected chi connectivity index (χ0v) is 11.7. The molecule has 0 amide bonds. The normalized spacial score (nSPS) is 20.4. The van der Waals surface area contributed by atoms with Crippen LogP contribution >= 0.6 is 0 Å². The molecule has 1 aliphatic rings. The van der Waals surface area contributed by atoms with Crippen molar-refractivity contribution in [2.24, 2.45) is 5.92 Å². The van der Waals surface area contributed by atoms with E-state index in [1.165, 1.54) is 0 Å². The third kappa shape index (κ3) is 2.73. The molecule has 0 saturated carbocycles. The van der Waals surface area contributed by atoms with E-state index in [9.17, 15) is 8.78 Å². The minimum atomic E-state index is -2.78. The lowest BCUT2D eigenvalue weighted by Crippen LogP contribution is -2.39. The van der Waals surface area contributed by atoms with Crippen molar-refractivity contribution in [3.63, 3.8) is 0 Å². The Kier molecular flexibility index (Phi) is 4.09. The van der Waals surface area contributed by atoms with Crippen LogP contribution in [0, 0.1) is 19.8 Å². The van der Waals surface area contributed by atoms with Crippen LogP contribution in [-0.4, -0.2) is 20.2 Å². The number of aryl methyl sites for hydroxylation is 2. The van der Waals surface area contributed by atoms with E-state index in [1.54, 1.807) is 19.2 Å². The van der Waals surface area contributed by atoms with E-state index < -0.39 is 11.8 Å². The van der Waals surface area contributed by atoms with Gasteiger partial charge in [-0.3, -0.25) is 0 Å². The molecular weight excluding hydrogens is 248 g/mol. The highest BCUT2D eigenvalue weighted by atomic mass is 19.3. The highest BCUT2D eigenvalue weighted by Gasteiger charge is 2.42. The summed E-state index contributed by atoms with van der Waals surface area (Å²) in [5, 5.41) is 3.06. The molecule has 1 aromatic rings. The van der Waals surface area contributed by atoms with Crippen LogP contribution in [0.15, 0.2) is 12.1 Å². The smallest absolute Gasteiger partial charge is 0.277 e. The first kappa shape index (κ1) is 14.3. The van der Waals surface area contributed by atoms with Crippen molar-refractivity contribution < 1.29 is 13.5 Å². The minimum Gasteiger partial charge on any atom is -0.496 e. The summed E-state index contributed by atoms with van der Waals surface area (Å²) in [4.78, 5) is 0. The zero-order chi connectivity index (χ0) is 14.0. The lowest BCUT2D eigenvalue weighted by Gasteiger charge is -2.31. The maximum Gasteiger partial charge on any atom is 0.277 e. The van der Waals surface area contributed by atoms with Crippen molar-refractivity contribution in [3.8, 4) is 5.75 Å². The first-order valence-electron chi connectivity index (χ1n) is 6.71. The SMILES string of the molecule is COc1c(C)cc(C(F)(F)C2CCCNC2)cc1C. The Hall–Kier alpha value is -1.16. The van der Waals surface area contributed by atoms with Gasteiger partial charge in [-0.15, -0.1) is 0 Å². The fraction of sp³-hybridized carbons (Fsp3) is 0.600. The molecule has 0 radical (unpaired) electrons. The molecule has 1 unspecified atom stereocenters. The molecule has 2 rings (SSSR count). The third-order valence-electron chi connectivity index (χ3n) is 3.86. The van der Waals surface area contributed by atoms with Gasteiger partial charge in [0, 0.05) is 18.0 Å². The molecule has 2 nitrogen and oxygen atoms in total. The molecule has 0 aliphatic carbocycles. The van der Waals surface area contributed by atoms with Crippen molar-refractivity contribution in [1.29, 1.82) is 0 Å². The number of nitrogens with one attached hydrogen (secondary N) is 1. The van der Waals surface area contributed by atoms with E-state index in [0.29, 0.717) is 18.7 Å². The predicted octanol–water partition coefficient (Wildman–Crippen LogP) is 3.40. The number of benzene rings is 1. The first-order chi connectivity index (χ1) is 8.96. The molecule has 0 spiro atoms. The first-order valence-corrected chi connectivity index (χ1v) is 6.71. The summed E-state index contributed by atoms with van der Waals surface area (Å²) < 4.78 is 34.3. The van der Waals surface area contributed by atoms with Crippen molar-refractivity contribution in [2.45, 2.75) is 32.6 Å². The van der Waals surface area contributed by atoms with Gasteiger partial charge < -0.3 is 10.1 Å². The monoisotopic (exact) mass is 269 g/mol. The highest BCUT2D eigenvalue weighted by Crippen LogP contribution is 2.41. The third-order valence-corrected chi connectivity index (χ3v) is 3.86. The molecule has 1 saturated heterocycles.